The van der Waals surface area contributed by atoms with Crippen LogP contribution in [0, 0.1) is 15.9 Å². The molecule has 1 N–H and O–H groups in total. The maximum atomic E-state index is 13.4. The number of carbonyl (C=O) groups excluding carboxylic acids is 1. The zero-order chi connectivity index (χ0) is 19.1. The van der Waals surface area contributed by atoms with Crippen LogP contribution < -0.4 is 5.32 Å². The molecule has 2 rings (SSSR count). The minimum absolute atomic E-state index is 0.0358. The van der Waals surface area contributed by atoms with E-state index in [0.29, 0.717) is 12.1 Å². The Bertz CT molecular complexity index is 821. The monoisotopic (exact) mass is 357 g/mol. The highest BCUT2D eigenvalue weighted by Gasteiger charge is 2.15. The topological polar surface area (TPSA) is 75.5 Å². The number of nitrogens with zero attached hydrogens (tertiary/aromatic N) is 2. The summed E-state index contributed by atoms with van der Waals surface area (Å²) in [5.41, 5.74) is 1.29. The minimum Gasteiger partial charge on any atom is -0.351 e. The number of carbonyl (C=O) groups is 1. The van der Waals surface area contributed by atoms with Gasteiger partial charge in [-0.15, -0.1) is 0 Å². The van der Waals surface area contributed by atoms with Gasteiger partial charge < -0.3 is 10.2 Å². The Morgan fingerprint density at radius 1 is 1.27 bits per heavy atom. The Morgan fingerprint density at radius 3 is 2.65 bits per heavy atom. The van der Waals surface area contributed by atoms with Crippen LogP contribution in [0.2, 0.25) is 0 Å². The molecular formula is C19H20FN3O3. The molecule has 2 aromatic rings. The van der Waals surface area contributed by atoms with Crippen LogP contribution in [0.3, 0.4) is 0 Å². The van der Waals surface area contributed by atoms with Crippen molar-refractivity contribution in [2.45, 2.75) is 6.04 Å². The highest BCUT2D eigenvalue weighted by atomic mass is 19.1. The molecule has 1 amide bonds. The summed E-state index contributed by atoms with van der Waals surface area (Å²) in [5.74, 6) is -0.661. The molecule has 0 saturated carbocycles. The van der Waals surface area contributed by atoms with Gasteiger partial charge in [-0.1, -0.05) is 24.3 Å². The van der Waals surface area contributed by atoms with Gasteiger partial charge >= 0.3 is 0 Å². The Morgan fingerprint density at radius 2 is 2.00 bits per heavy atom. The number of rotatable bonds is 7. The molecule has 26 heavy (non-hydrogen) atoms. The Balaban J connectivity index is 2.00. The summed E-state index contributed by atoms with van der Waals surface area (Å²) in [5, 5.41) is 13.5. The van der Waals surface area contributed by atoms with E-state index in [2.05, 4.69) is 5.32 Å². The first-order valence-corrected chi connectivity index (χ1v) is 7.99. The molecule has 0 saturated heterocycles. The Hall–Kier alpha value is -3.06. The smallest absolute Gasteiger partial charge is 0.270 e. The molecule has 6 nitrogen and oxygen atoms in total. The average Bonchev–Trinajstić information content (AvgIpc) is 2.60. The maximum Gasteiger partial charge on any atom is 0.270 e. The normalized spacial score (nSPS) is 12.3. The third kappa shape index (κ3) is 5.49. The molecule has 0 aliphatic carbocycles. The molecule has 0 fully saturated rings. The van der Waals surface area contributed by atoms with Gasteiger partial charge in [0.1, 0.15) is 5.82 Å². The number of hydrogen-bond donors (Lipinski definition) is 1. The number of benzene rings is 2. The van der Waals surface area contributed by atoms with Gasteiger partial charge in [-0.3, -0.25) is 14.9 Å². The largest absolute Gasteiger partial charge is 0.351 e. The van der Waals surface area contributed by atoms with Crippen molar-refractivity contribution in [3.8, 4) is 0 Å². The number of nitro groups is 1. The lowest BCUT2D eigenvalue weighted by atomic mass is 10.1. The first kappa shape index (κ1) is 19.3. The van der Waals surface area contributed by atoms with E-state index >= 15 is 0 Å². The second-order valence-electron chi connectivity index (χ2n) is 5.96. The lowest BCUT2D eigenvalue weighted by Gasteiger charge is -2.24. The van der Waals surface area contributed by atoms with Crippen molar-refractivity contribution in [2.24, 2.45) is 0 Å². The fourth-order valence-electron chi connectivity index (χ4n) is 2.48. The van der Waals surface area contributed by atoms with Crippen LogP contribution in [0.1, 0.15) is 17.2 Å². The van der Waals surface area contributed by atoms with Gasteiger partial charge in [0.25, 0.3) is 5.69 Å². The second kappa shape index (κ2) is 8.87. The number of hydrogen-bond acceptors (Lipinski definition) is 4. The van der Waals surface area contributed by atoms with Crippen molar-refractivity contribution in [3.63, 3.8) is 0 Å². The summed E-state index contributed by atoms with van der Waals surface area (Å²) in [7, 11) is 3.70. The molecule has 1 atom stereocenters. The van der Waals surface area contributed by atoms with Crippen molar-refractivity contribution < 1.29 is 14.1 Å². The fraction of sp³-hybridized carbons (Fsp3) is 0.211. The first-order valence-electron chi connectivity index (χ1n) is 7.99. The number of halogens is 1. The molecule has 0 radical (unpaired) electrons. The lowest BCUT2D eigenvalue weighted by molar-refractivity contribution is -0.384. The zero-order valence-corrected chi connectivity index (χ0v) is 14.6. The number of likely N-dealkylation sites (N-methyl/N-ethyl adjacent to an activating group) is 1. The zero-order valence-electron chi connectivity index (χ0n) is 14.6. The van der Waals surface area contributed by atoms with E-state index in [0.717, 1.165) is 5.56 Å². The van der Waals surface area contributed by atoms with Crippen molar-refractivity contribution in [2.75, 3.05) is 20.6 Å². The first-order chi connectivity index (χ1) is 12.4. The van der Waals surface area contributed by atoms with Crippen molar-refractivity contribution in [1.29, 1.82) is 0 Å². The number of nitrogens with one attached hydrogen (secondary N) is 1. The highest BCUT2D eigenvalue weighted by molar-refractivity contribution is 5.91. The Labute approximate surface area is 151 Å². The van der Waals surface area contributed by atoms with Gasteiger partial charge in [0, 0.05) is 24.8 Å². The van der Waals surface area contributed by atoms with Crippen LogP contribution >= 0.6 is 0 Å². The van der Waals surface area contributed by atoms with Gasteiger partial charge in [-0.05, 0) is 43.4 Å². The third-order valence-electron chi connectivity index (χ3n) is 3.83. The van der Waals surface area contributed by atoms with E-state index in [-0.39, 0.29) is 23.5 Å². The van der Waals surface area contributed by atoms with Gasteiger partial charge in [-0.2, -0.15) is 0 Å². The molecule has 2 aromatic carbocycles. The Kier molecular flexibility index (Phi) is 6.57. The summed E-state index contributed by atoms with van der Waals surface area (Å²) in [6.07, 6.45) is 2.83. The molecule has 136 valence electrons. The van der Waals surface area contributed by atoms with Gasteiger partial charge in [0.15, 0.2) is 0 Å². The van der Waals surface area contributed by atoms with E-state index < -0.39 is 4.92 Å². The van der Waals surface area contributed by atoms with E-state index in [1.165, 1.54) is 36.4 Å². The summed E-state index contributed by atoms with van der Waals surface area (Å²) in [6.45, 7) is 0.300. The van der Waals surface area contributed by atoms with E-state index in [1.807, 2.05) is 19.0 Å². The van der Waals surface area contributed by atoms with Crippen molar-refractivity contribution in [1.82, 2.24) is 10.2 Å². The van der Waals surface area contributed by atoms with E-state index in [4.69, 9.17) is 0 Å². The second-order valence-corrected chi connectivity index (χ2v) is 5.96. The number of nitro benzene ring substituents is 1. The maximum absolute atomic E-state index is 13.4. The molecule has 0 aliphatic rings. The van der Waals surface area contributed by atoms with E-state index in [1.54, 1.807) is 24.3 Å². The van der Waals surface area contributed by atoms with E-state index in [9.17, 15) is 19.3 Å². The van der Waals surface area contributed by atoms with Gasteiger partial charge in [0.05, 0.1) is 11.0 Å². The fourth-order valence-corrected chi connectivity index (χ4v) is 2.48. The van der Waals surface area contributed by atoms with Crippen molar-refractivity contribution in [3.05, 3.63) is 81.7 Å². The highest BCUT2D eigenvalue weighted by Crippen LogP contribution is 2.18. The summed E-state index contributed by atoms with van der Waals surface area (Å²) < 4.78 is 13.4. The standard InChI is InChI=1S/C19H20FN3O3/c1-22(2)18(15-6-4-7-16(20)12-15)13-21-19(24)10-9-14-5-3-8-17(11-14)23(25)26/h3-12,18H,13H2,1-2H3,(H,21,24)/b10-9+. The van der Waals surface area contributed by atoms with Crippen LogP contribution in [-0.4, -0.2) is 36.4 Å². The predicted molar refractivity (Wildman–Crippen MR) is 98.0 cm³/mol. The summed E-state index contributed by atoms with van der Waals surface area (Å²) in [6, 6.07) is 12.1. The van der Waals surface area contributed by atoms with Crippen LogP contribution in [0.25, 0.3) is 6.08 Å². The molecule has 1 unspecified atom stereocenters. The van der Waals surface area contributed by atoms with Crippen LogP contribution in [-0.2, 0) is 4.79 Å². The SMILES string of the molecule is CN(C)C(CNC(=O)/C=C/c1cccc([N+](=O)[O-])c1)c1cccc(F)c1. The number of amides is 1. The molecule has 0 heterocycles. The molecule has 0 bridgehead atoms. The quantitative estimate of drug-likeness (QED) is 0.469. The summed E-state index contributed by atoms with van der Waals surface area (Å²) in [4.78, 5) is 24.2. The molecule has 7 heteroatoms. The minimum atomic E-state index is -0.488. The number of non-ortho nitro benzene ring substituents is 1. The van der Waals surface area contributed by atoms with Crippen LogP contribution in [0.4, 0.5) is 10.1 Å². The summed E-state index contributed by atoms with van der Waals surface area (Å²) >= 11 is 0. The molecule has 0 aromatic heterocycles. The van der Waals surface area contributed by atoms with Crippen LogP contribution in [0.5, 0.6) is 0 Å². The average molecular weight is 357 g/mol. The van der Waals surface area contributed by atoms with Crippen LogP contribution in [0.15, 0.2) is 54.6 Å². The molecular weight excluding hydrogens is 337 g/mol. The molecule has 0 aliphatic heterocycles. The predicted octanol–water partition coefficient (Wildman–Crippen LogP) is 3.17. The lowest BCUT2D eigenvalue weighted by Crippen LogP contribution is -2.33. The molecule has 0 spiro atoms. The van der Waals surface area contributed by atoms with Crippen molar-refractivity contribution >= 4 is 17.7 Å². The van der Waals surface area contributed by atoms with Gasteiger partial charge in [-0.25, -0.2) is 4.39 Å². The van der Waals surface area contributed by atoms with Gasteiger partial charge in [0.2, 0.25) is 5.91 Å². The third-order valence-corrected chi connectivity index (χ3v) is 3.83.